The van der Waals surface area contributed by atoms with Crippen LogP contribution in [-0.2, 0) is 0 Å². The van der Waals surface area contributed by atoms with Gasteiger partial charge in [0.1, 0.15) is 0 Å². The van der Waals surface area contributed by atoms with E-state index in [9.17, 15) is 0 Å². The van der Waals surface area contributed by atoms with Crippen LogP contribution in [0.1, 0.15) is 44.7 Å². The molecule has 3 nitrogen and oxygen atoms in total. The SMILES string of the molecule is CCNC(=NCCC1CC1)NC(C)c1ccccc1.I. The zero-order valence-electron chi connectivity index (χ0n) is 12.4. The topological polar surface area (TPSA) is 36.4 Å². The van der Waals surface area contributed by atoms with E-state index in [0.29, 0.717) is 0 Å². The van der Waals surface area contributed by atoms with Gasteiger partial charge in [-0.1, -0.05) is 43.2 Å². The molecule has 1 atom stereocenters. The largest absolute Gasteiger partial charge is 0.357 e. The Kier molecular flexibility index (Phi) is 7.95. The molecular formula is C16H26IN3. The summed E-state index contributed by atoms with van der Waals surface area (Å²) in [6.07, 6.45) is 4.04. The highest BCUT2D eigenvalue weighted by molar-refractivity contribution is 14.0. The zero-order valence-corrected chi connectivity index (χ0v) is 14.8. The van der Waals surface area contributed by atoms with Gasteiger partial charge in [-0.05, 0) is 31.7 Å². The van der Waals surface area contributed by atoms with Crippen molar-refractivity contribution in [2.75, 3.05) is 13.1 Å². The fourth-order valence-electron chi connectivity index (χ4n) is 2.12. The molecule has 0 radical (unpaired) electrons. The summed E-state index contributed by atoms with van der Waals surface area (Å²) < 4.78 is 0. The second-order valence-electron chi connectivity index (χ2n) is 5.27. The summed E-state index contributed by atoms with van der Waals surface area (Å²) in [5.74, 6) is 1.87. The van der Waals surface area contributed by atoms with Gasteiger partial charge in [0.25, 0.3) is 0 Å². The molecule has 1 aromatic rings. The van der Waals surface area contributed by atoms with E-state index in [1.54, 1.807) is 0 Å². The lowest BCUT2D eigenvalue weighted by Crippen LogP contribution is -2.38. The quantitative estimate of drug-likeness (QED) is 0.444. The van der Waals surface area contributed by atoms with Crippen LogP contribution in [0.3, 0.4) is 0 Å². The Labute approximate surface area is 139 Å². The van der Waals surface area contributed by atoms with Crippen LogP contribution in [0.15, 0.2) is 35.3 Å². The van der Waals surface area contributed by atoms with E-state index in [1.165, 1.54) is 24.8 Å². The van der Waals surface area contributed by atoms with E-state index < -0.39 is 0 Å². The summed E-state index contributed by atoms with van der Waals surface area (Å²) in [6.45, 7) is 6.10. The average molecular weight is 387 g/mol. The van der Waals surface area contributed by atoms with E-state index in [2.05, 4.69) is 53.7 Å². The van der Waals surface area contributed by atoms with Gasteiger partial charge in [-0.15, -0.1) is 24.0 Å². The molecule has 2 rings (SSSR count). The third kappa shape index (κ3) is 6.11. The molecule has 2 N–H and O–H groups in total. The number of halogens is 1. The molecule has 4 heteroatoms. The van der Waals surface area contributed by atoms with Crippen molar-refractivity contribution in [3.05, 3.63) is 35.9 Å². The van der Waals surface area contributed by atoms with Crippen LogP contribution in [0, 0.1) is 5.92 Å². The van der Waals surface area contributed by atoms with Crippen molar-refractivity contribution in [2.24, 2.45) is 10.9 Å². The van der Waals surface area contributed by atoms with Crippen molar-refractivity contribution in [1.82, 2.24) is 10.6 Å². The smallest absolute Gasteiger partial charge is 0.191 e. The monoisotopic (exact) mass is 387 g/mol. The summed E-state index contributed by atoms with van der Waals surface area (Å²) in [5.41, 5.74) is 1.29. The Morgan fingerprint density at radius 1 is 1.30 bits per heavy atom. The van der Waals surface area contributed by atoms with E-state index >= 15 is 0 Å². The fourth-order valence-corrected chi connectivity index (χ4v) is 2.12. The summed E-state index contributed by atoms with van der Waals surface area (Å²) >= 11 is 0. The molecule has 1 saturated carbocycles. The van der Waals surface area contributed by atoms with E-state index in [1.807, 2.05) is 6.07 Å². The molecule has 1 aromatic carbocycles. The fraction of sp³-hybridized carbons (Fsp3) is 0.562. The maximum Gasteiger partial charge on any atom is 0.191 e. The van der Waals surface area contributed by atoms with Gasteiger partial charge in [0.05, 0.1) is 6.04 Å². The van der Waals surface area contributed by atoms with Crippen molar-refractivity contribution in [3.63, 3.8) is 0 Å². The van der Waals surface area contributed by atoms with Crippen LogP contribution in [0.5, 0.6) is 0 Å². The molecule has 0 saturated heterocycles. The molecule has 0 amide bonds. The average Bonchev–Trinajstić information content (AvgIpc) is 3.24. The van der Waals surface area contributed by atoms with Crippen LogP contribution < -0.4 is 10.6 Å². The molecule has 0 heterocycles. The first-order chi connectivity index (χ1) is 9.29. The maximum atomic E-state index is 4.65. The van der Waals surface area contributed by atoms with E-state index in [4.69, 9.17) is 0 Å². The number of hydrogen-bond donors (Lipinski definition) is 2. The Bertz CT molecular complexity index is 401. The van der Waals surface area contributed by atoms with Crippen molar-refractivity contribution < 1.29 is 0 Å². The minimum absolute atomic E-state index is 0. The molecule has 0 bridgehead atoms. The summed E-state index contributed by atoms with van der Waals surface area (Å²) in [4.78, 5) is 4.65. The predicted molar refractivity (Wildman–Crippen MR) is 96.7 cm³/mol. The highest BCUT2D eigenvalue weighted by atomic mass is 127. The zero-order chi connectivity index (χ0) is 13.5. The molecule has 1 fully saturated rings. The second kappa shape index (κ2) is 9.21. The van der Waals surface area contributed by atoms with Gasteiger partial charge in [-0.3, -0.25) is 4.99 Å². The Morgan fingerprint density at radius 2 is 2.00 bits per heavy atom. The Morgan fingerprint density at radius 3 is 2.60 bits per heavy atom. The Balaban J connectivity index is 0.00000200. The van der Waals surface area contributed by atoms with Gasteiger partial charge >= 0.3 is 0 Å². The van der Waals surface area contributed by atoms with Crippen LogP contribution >= 0.6 is 24.0 Å². The minimum Gasteiger partial charge on any atom is -0.357 e. The van der Waals surface area contributed by atoms with Gasteiger partial charge < -0.3 is 10.6 Å². The first-order valence-corrected chi connectivity index (χ1v) is 7.39. The molecule has 0 aliphatic heterocycles. The summed E-state index contributed by atoms with van der Waals surface area (Å²) in [6, 6.07) is 10.8. The number of aliphatic imine (C=N–C) groups is 1. The van der Waals surface area contributed by atoms with Crippen LogP contribution in [-0.4, -0.2) is 19.0 Å². The van der Waals surface area contributed by atoms with Gasteiger partial charge in [-0.2, -0.15) is 0 Å². The lowest BCUT2D eigenvalue weighted by molar-refractivity contribution is 0.676. The molecule has 20 heavy (non-hydrogen) atoms. The van der Waals surface area contributed by atoms with Crippen LogP contribution in [0.2, 0.25) is 0 Å². The molecule has 112 valence electrons. The molecule has 1 aliphatic rings. The highest BCUT2D eigenvalue weighted by Gasteiger charge is 2.20. The van der Waals surface area contributed by atoms with Crippen molar-refractivity contribution in [3.8, 4) is 0 Å². The van der Waals surface area contributed by atoms with Gasteiger partial charge in [0.15, 0.2) is 5.96 Å². The number of nitrogens with one attached hydrogen (secondary N) is 2. The number of nitrogens with zero attached hydrogens (tertiary/aromatic N) is 1. The molecule has 1 unspecified atom stereocenters. The third-order valence-electron chi connectivity index (χ3n) is 3.50. The van der Waals surface area contributed by atoms with Crippen molar-refractivity contribution in [2.45, 2.75) is 39.2 Å². The summed E-state index contributed by atoms with van der Waals surface area (Å²) in [5, 5.41) is 6.78. The number of benzene rings is 1. The van der Waals surface area contributed by atoms with E-state index in [-0.39, 0.29) is 30.0 Å². The predicted octanol–water partition coefficient (Wildman–Crippen LogP) is 3.72. The lowest BCUT2D eigenvalue weighted by Gasteiger charge is -2.18. The van der Waals surface area contributed by atoms with Gasteiger partial charge in [0.2, 0.25) is 0 Å². The molecule has 0 aromatic heterocycles. The normalized spacial score (nSPS) is 16.2. The molecule has 1 aliphatic carbocycles. The summed E-state index contributed by atoms with van der Waals surface area (Å²) in [7, 11) is 0. The lowest BCUT2D eigenvalue weighted by atomic mass is 10.1. The van der Waals surface area contributed by atoms with Crippen molar-refractivity contribution >= 4 is 29.9 Å². The maximum absolute atomic E-state index is 4.65. The molecular weight excluding hydrogens is 361 g/mol. The van der Waals surface area contributed by atoms with E-state index in [0.717, 1.165) is 25.0 Å². The van der Waals surface area contributed by atoms with Gasteiger partial charge in [-0.25, -0.2) is 0 Å². The second-order valence-corrected chi connectivity index (χ2v) is 5.27. The standard InChI is InChI=1S/C16H25N3.HI/c1-3-17-16(18-12-11-14-9-10-14)19-13(2)15-7-5-4-6-8-15;/h4-8,13-14H,3,9-12H2,1-2H3,(H2,17,18,19);1H. The Hall–Kier alpha value is -0.780. The van der Waals surface area contributed by atoms with Gasteiger partial charge in [0, 0.05) is 13.1 Å². The molecule has 0 spiro atoms. The third-order valence-corrected chi connectivity index (χ3v) is 3.50. The van der Waals surface area contributed by atoms with Crippen LogP contribution in [0.4, 0.5) is 0 Å². The minimum atomic E-state index is 0. The number of hydrogen-bond acceptors (Lipinski definition) is 1. The highest BCUT2D eigenvalue weighted by Crippen LogP contribution is 2.32. The first kappa shape index (κ1) is 17.3. The first-order valence-electron chi connectivity index (χ1n) is 7.39. The number of rotatable bonds is 6. The van der Waals surface area contributed by atoms with Crippen LogP contribution in [0.25, 0.3) is 0 Å². The number of guanidine groups is 1. The van der Waals surface area contributed by atoms with Crippen molar-refractivity contribution in [1.29, 1.82) is 0 Å².